The number of likely N-dealkylation sites (tertiary alicyclic amines) is 1. The van der Waals surface area contributed by atoms with Gasteiger partial charge < -0.3 is 15.1 Å². The van der Waals surface area contributed by atoms with Gasteiger partial charge in [0.15, 0.2) is 0 Å². The first-order valence-electron chi connectivity index (χ1n) is 10.1. The molecule has 4 N–H and O–H groups in total. The first-order valence-corrected chi connectivity index (χ1v) is 10.1. The number of aromatic hydroxyl groups is 1. The molecule has 0 aromatic heterocycles. The Balaban J connectivity index is 1.76. The standard InChI is InChI=1S/C23H29N3O3/c1-23(2,3)15-10-8-14(9-11-15)21-18-19(16-6-4-5-7-17(16)28)24-25-20(18)22(29)26(21)12-13-27/h4-11,18-21,24-25,27-28H,12-13H2,1-3H3. The maximum atomic E-state index is 13.1. The number of nitrogens with zero attached hydrogens (tertiary/aromatic N) is 1. The van der Waals surface area contributed by atoms with E-state index in [0.29, 0.717) is 0 Å². The number of phenolic OH excluding ortho intramolecular Hbond substituents is 1. The predicted molar refractivity (Wildman–Crippen MR) is 111 cm³/mol. The topological polar surface area (TPSA) is 84.8 Å². The number of carbonyl (C=O) groups excluding carboxylic acids is 1. The zero-order valence-corrected chi connectivity index (χ0v) is 17.1. The fraction of sp³-hybridized carbons (Fsp3) is 0.435. The zero-order chi connectivity index (χ0) is 20.8. The Labute approximate surface area is 171 Å². The first kappa shape index (κ1) is 19.9. The smallest absolute Gasteiger partial charge is 0.242 e. The number of aliphatic hydroxyl groups excluding tert-OH is 1. The molecule has 2 aromatic carbocycles. The van der Waals surface area contributed by atoms with Crippen molar-refractivity contribution in [2.45, 2.75) is 44.3 Å². The van der Waals surface area contributed by atoms with E-state index in [9.17, 15) is 15.0 Å². The van der Waals surface area contributed by atoms with Gasteiger partial charge in [0.05, 0.1) is 18.7 Å². The Bertz CT molecular complexity index is 891. The minimum Gasteiger partial charge on any atom is -0.508 e. The molecule has 1 amide bonds. The van der Waals surface area contributed by atoms with Gasteiger partial charge in [0.2, 0.25) is 5.91 Å². The number of amides is 1. The van der Waals surface area contributed by atoms with Crippen LogP contribution in [0, 0.1) is 5.92 Å². The van der Waals surface area contributed by atoms with E-state index in [4.69, 9.17) is 0 Å². The second-order valence-electron chi connectivity index (χ2n) is 8.95. The van der Waals surface area contributed by atoms with Crippen LogP contribution in [0.4, 0.5) is 0 Å². The number of fused-ring (bicyclic) bond motifs is 1. The van der Waals surface area contributed by atoms with Gasteiger partial charge in [-0.05, 0) is 22.6 Å². The lowest BCUT2D eigenvalue weighted by atomic mass is 9.81. The molecule has 2 fully saturated rings. The van der Waals surface area contributed by atoms with Crippen LogP contribution in [-0.4, -0.2) is 40.2 Å². The molecule has 0 saturated carbocycles. The molecular formula is C23H29N3O3. The van der Waals surface area contributed by atoms with E-state index >= 15 is 0 Å². The lowest BCUT2D eigenvalue weighted by molar-refractivity contribution is -0.131. The monoisotopic (exact) mass is 395 g/mol. The van der Waals surface area contributed by atoms with Gasteiger partial charge in [0, 0.05) is 18.0 Å². The molecule has 4 atom stereocenters. The molecule has 2 heterocycles. The van der Waals surface area contributed by atoms with Crippen molar-refractivity contribution in [1.29, 1.82) is 0 Å². The number of phenols is 1. The van der Waals surface area contributed by atoms with E-state index in [2.05, 4.69) is 55.9 Å². The number of hydrogen-bond donors (Lipinski definition) is 4. The molecule has 0 bridgehead atoms. The lowest BCUT2D eigenvalue weighted by Gasteiger charge is -2.31. The van der Waals surface area contributed by atoms with Gasteiger partial charge in [0.25, 0.3) is 0 Å². The van der Waals surface area contributed by atoms with Crippen LogP contribution >= 0.6 is 0 Å². The summed E-state index contributed by atoms with van der Waals surface area (Å²) in [6, 6.07) is 14.8. The molecule has 2 saturated heterocycles. The molecular weight excluding hydrogens is 366 g/mol. The van der Waals surface area contributed by atoms with Crippen LogP contribution in [0.2, 0.25) is 0 Å². The van der Waals surface area contributed by atoms with Gasteiger partial charge in [-0.1, -0.05) is 63.2 Å². The number of β-amino-alcohol motifs (C(OH)–C–C–N with tert-alkyl or cyclic N) is 1. The van der Waals surface area contributed by atoms with Crippen LogP contribution in [0.15, 0.2) is 48.5 Å². The Kier molecular flexibility index (Phi) is 5.11. The fourth-order valence-corrected chi connectivity index (χ4v) is 4.65. The molecule has 29 heavy (non-hydrogen) atoms. The van der Waals surface area contributed by atoms with E-state index < -0.39 is 6.04 Å². The van der Waals surface area contributed by atoms with E-state index in [-0.39, 0.29) is 48.2 Å². The number of carbonyl (C=O) groups is 1. The van der Waals surface area contributed by atoms with E-state index in [1.54, 1.807) is 17.0 Å². The number of nitrogens with one attached hydrogen (secondary N) is 2. The normalized spacial score (nSPS) is 26.8. The van der Waals surface area contributed by atoms with Gasteiger partial charge in [-0.3, -0.25) is 4.79 Å². The highest BCUT2D eigenvalue weighted by Crippen LogP contribution is 2.48. The Morgan fingerprint density at radius 1 is 1.00 bits per heavy atom. The first-order chi connectivity index (χ1) is 13.8. The maximum absolute atomic E-state index is 13.1. The molecule has 2 aliphatic rings. The average molecular weight is 396 g/mol. The number of benzene rings is 2. The predicted octanol–water partition coefficient (Wildman–Crippen LogP) is 2.40. The van der Waals surface area contributed by atoms with E-state index in [1.807, 2.05) is 12.1 Å². The molecule has 2 aliphatic heterocycles. The second kappa shape index (κ2) is 7.44. The number of rotatable bonds is 4. The minimum absolute atomic E-state index is 0.0284. The number of hydrogen-bond acceptors (Lipinski definition) is 5. The van der Waals surface area contributed by atoms with Crippen molar-refractivity contribution in [1.82, 2.24) is 15.8 Å². The van der Waals surface area contributed by atoms with Crippen LogP contribution < -0.4 is 10.9 Å². The van der Waals surface area contributed by atoms with Crippen LogP contribution in [0.25, 0.3) is 0 Å². The summed E-state index contributed by atoms with van der Waals surface area (Å²) >= 11 is 0. The van der Waals surface area contributed by atoms with Crippen molar-refractivity contribution >= 4 is 5.91 Å². The van der Waals surface area contributed by atoms with E-state index in [1.165, 1.54) is 5.56 Å². The summed E-state index contributed by atoms with van der Waals surface area (Å²) in [6.07, 6.45) is 0. The second-order valence-corrected chi connectivity index (χ2v) is 8.95. The quantitative estimate of drug-likeness (QED) is 0.639. The highest BCUT2D eigenvalue weighted by Gasteiger charge is 2.55. The third kappa shape index (κ3) is 3.41. The van der Waals surface area contributed by atoms with Crippen LogP contribution in [-0.2, 0) is 10.2 Å². The van der Waals surface area contributed by atoms with Gasteiger partial charge in [-0.2, -0.15) is 0 Å². The third-order valence-corrected chi connectivity index (χ3v) is 6.14. The fourth-order valence-electron chi connectivity index (χ4n) is 4.65. The maximum Gasteiger partial charge on any atom is 0.242 e. The largest absolute Gasteiger partial charge is 0.508 e. The minimum atomic E-state index is -0.404. The van der Waals surface area contributed by atoms with Crippen molar-refractivity contribution in [2.75, 3.05) is 13.2 Å². The molecule has 2 aromatic rings. The van der Waals surface area contributed by atoms with Gasteiger partial charge in [0.1, 0.15) is 11.8 Å². The summed E-state index contributed by atoms with van der Waals surface area (Å²) in [7, 11) is 0. The van der Waals surface area contributed by atoms with E-state index in [0.717, 1.165) is 11.1 Å². The number of aliphatic hydroxyl groups is 1. The summed E-state index contributed by atoms with van der Waals surface area (Å²) in [5.74, 6) is 0.0737. The molecule has 154 valence electrons. The molecule has 6 nitrogen and oxygen atoms in total. The van der Waals surface area contributed by atoms with Crippen molar-refractivity contribution in [3.05, 3.63) is 65.2 Å². The average Bonchev–Trinajstić information content (AvgIpc) is 3.22. The van der Waals surface area contributed by atoms with Gasteiger partial charge >= 0.3 is 0 Å². The summed E-state index contributed by atoms with van der Waals surface area (Å²) in [6.45, 7) is 6.72. The Morgan fingerprint density at radius 3 is 2.28 bits per heavy atom. The van der Waals surface area contributed by atoms with Gasteiger partial charge in [-0.25, -0.2) is 10.9 Å². The molecule has 4 unspecified atom stereocenters. The van der Waals surface area contributed by atoms with Crippen molar-refractivity contribution in [3.63, 3.8) is 0 Å². The molecule has 0 radical (unpaired) electrons. The summed E-state index contributed by atoms with van der Waals surface area (Å²) in [4.78, 5) is 14.9. The van der Waals surface area contributed by atoms with Crippen LogP contribution in [0.1, 0.15) is 49.5 Å². The van der Waals surface area contributed by atoms with Crippen molar-refractivity contribution in [3.8, 4) is 5.75 Å². The zero-order valence-electron chi connectivity index (χ0n) is 17.1. The molecule has 6 heteroatoms. The molecule has 0 spiro atoms. The Hall–Kier alpha value is -2.41. The van der Waals surface area contributed by atoms with Crippen molar-refractivity contribution in [2.24, 2.45) is 5.92 Å². The highest BCUT2D eigenvalue weighted by molar-refractivity contribution is 5.86. The lowest BCUT2D eigenvalue weighted by Crippen LogP contribution is -2.42. The third-order valence-electron chi connectivity index (χ3n) is 6.14. The molecule has 0 aliphatic carbocycles. The summed E-state index contributed by atoms with van der Waals surface area (Å²) in [5.41, 5.74) is 9.44. The summed E-state index contributed by atoms with van der Waals surface area (Å²) < 4.78 is 0. The number of hydrazine groups is 1. The van der Waals surface area contributed by atoms with Crippen LogP contribution in [0.3, 0.4) is 0 Å². The van der Waals surface area contributed by atoms with Gasteiger partial charge in [-0.15, -0.1) is 0 Å². The summed E-state index contributed by atoms with van der Waals surface area (Å²) in [5, 5.41) is 20.0. The molecule has 4 rings (SSSR count). The number of para-hydroxylation sites is 1. The Morgan fingerprint density at radius 2 is 1.66 bits per heavy atom. The van der Waals surface area contributed by atoms with Crippen molar-refractivity contribution < 1.29 is 15.0 Å². The SMILES string of the molecule is CC(C)(C)c1ccc(C2C3C(NNC3c3ccccc3O)C(=O)N2CCO)cc1. The van der Waals surface area contributed by atoms with Crippen LogP contribution in [0.5, 0.6) is 5.75 Å². The highest BCUT2D eigenvalue weighted by atomic mass is 16.3.